The largest absolute Gasteiger partial charge is 0.493 e. The summed E-state index contributed by atoms with van der Waals surface area (Å²) in [6.45, 7) is 0.508. The van der Waals surface area contributed by atoms with Crippen LogP contribution < -0.4 is 20.3 Å². The zero-order valence-electron chi connectivity index (χ0n) is 16.3. The van der Waals surface area contributed by atoms with E-state index in [0.29, 0.717) is 28.8 Å². The van der Waals surface area contributed by atoms with Crippen LogP contribution in [0, 0.1) is 0 Å². The van der Waals surface area contributed by atoms with Crippen molar-refractivity contribution in [3.63, 3.8) is 0 Å². The summed E-state index contributed by atoms with van der Waals surface area (Å²) < 4.78 is 16.7. The number of carbonyl (C=O) groups is 2. The summed E-state index contributed by atoms with van der Waals surface area (Å²) in [6, 6.07) is 4.31. The lowest BCUT2D eigenvalue weighted by molar-refractivity contribution is -0.141. The first-order valence-electron chi connectivity index (χ1n) is 8.80. The van der Waals surface area contributed by atoms with Crippen LogP contribution in [-0.4, -0.2) is 48.5 Å². The van der Waals surface area contributed by atoms with Crippen LogP contribution in [0.1, 0.15) is 28.4 Å². The average Bonchev–Trinajstić information content (AvgIpc) is 3.22. The number of thioether (sulfide) groups is 1. The number of nitrogens with zero attached hydrogens (tertiary/aromatic N) is 2. The van der Waals surface area contributed by atoms with Gasteiger partial charge >= 0.3 is 5.97 Å². The fraction of sp³-hybridized carbons (Fsp3) is 0.368. The molecule has 1 N–H and O–H groups in total. The van der Waals surface area contributed by atoms with E-state index >= 15 is 0 Å². The van der Waals surface area contributed by atoms with Crippen LogP contribution in [0.5, 0.6) is 11.5 Å². The van der Waals surface area contributed by atoms with E-state index in [2.05, 4.69) is 10.3 Å². The Morgan fingerprint density at radius 3 is 2.69 bits per heavy atom. The number of esters is 1. The van der Waals surface area contributed by atoms with Crippen LogP contribution in [0.2, 0.25) is 0 Å². The number of ether oxygens (including phenoxy) is 3. The second-order valence-electron chi connectivity index (χ2n) is 6.18. The zero-order valence-corrected chi connectivity index (χ0v) is 17.1. The minimum atomic E-state index is -0.734. The van der Waals surface area contributed by atoms with E-state index in [-0.39, 0.29) is 12.0 Å². The third-order valence-corrected chi connectivity index (χ3v) is 5.49. The third-order valence-electron chi connectivity index (χ3n) is 4.51. The number of nitrogens with one attached hydrogen (secondary N) is 1. The number of amides is 1. The molecule has 0 fully saturated rings. The summed E-state index contributed by atoms with van der Waals surface area (Å²) in [7, 11) is 4.27. The van der Waals surface area contributed by atoms with Crippen molar-refractivity contribution in [3.8, 4) is 11.5 Å². The Labute approximate surface area is 171 Å². The quantitative estimate of drug-likeness (QED) is 0.530. The molecule has 0 spiro atoms. The summed E-state index contributed by atoms with van der Waals surface area (Å²) in [5, 5.41) is 3.33. The van der Waals surface area contributed by atoms with Gasteiger partial charge in [0.2, 0.25) is 0 Å². The maximum Gasteiger partial charge on any atom is 0.307 e. The lowest BCUT2D eigenvalue weighted by Crippen LogP contribution is -2.36. The van der Waals surface area contributed by atoms with Gasteiger partial charge in [0.1, 0.15) is 5.56 Å². The molecule has 2 heterocycles. The molecule has 154 valence electrons. The van der Waals surface area contributed by atoms with Gasteiger partial charge in [-0.3, -0.25) is 19.0 Å². The molecule has 0 bridgehead atoms. The Morgan fingerprint density at radius 2 is 2.00 bits per heavy atom. The molecule has 1 aromatic carbocycles. The number of methoxy groups -OCH3 is 3. The highest BCUT2D eigenvalue weighted by atomic mass is 32.2. The first-order chi connectivity index (χ1) is 14.0. The van der Waals surface area contributed by atoms with Crippen molar-refractivity contribution < 1.29 is 23.8 Å². The Balaban J connectivity index is 1.91. The van der Waals surface area contributed by atoms with Gasteiger partial charge < -0.3 is 19.5 Å². The summed E-state index contributed by atoms with van der Waals surface area (Å²) in [5.74, 6) is 0.580. The number of benzene rings is 1. The fourth-order valence-electron chi connectivity index (χ4n) is 2.98. The Bertz CT molecular complexity index is 990. The van der Waals surface area contributed by atoms with Gasteiger partial charge in [-0.1, -0.05) is 17.8 Å². The van der Waals surface area contributed by atoms with Crippen LogP contribution in [0.15, 0.2) is 34.3 Å². The van der Waals surface area contributed by atoms with E-state index in [1.54, 1.807) is 18.2 Å². The molecule has 1 unspecified atom stereocenters. The first kappa shape index (κ1) is 20.7. The van der Waals surface area contributed by atoms with Crippen LogP contribution in [0.4, 0.5) is 0 Å². The van der Waals surface area contributed by atoms with Gasteiger partial charge in [0.25, 0.3) is 11.5 Å². The third kappa shape index (κ3) is 4.37. The van der Waals surface area contributed by atoms with E-state index in [4.69, 9.17) is 14.2 Å². The molecule has 0 saturated carbocycles. The van der Waals surface area contributed by atoms with Crippen molar-refractivity contribution in [2.24, 2.45) is 0 Å². The van der Waals surface area contributed by atoms with Gasteiger partial charge in [-0.25, -0.2) is 4.98 Å². The maximum atomic E-state index is 12.8. The minimum absolute atomic E-state index is 0.0772. The number of rotatable bonds is 7. The number of hydrogen-bond acceptors (Lipinski definition) is 8. The molecule has 3 rings (SSSR count). The predicted octanol–water partition coefficient (Wildman–Crippen LogP) is 1.40. The maximum absolute atomic E-state index is 12.8. The number of carbonyl (C=O) groups excluding carboxylic acids is 2. The van der Waals surface area contributed by atoms with E-state index in [9.17, 15) is 14.4 Å². The van der Waals surface area contributed by atoms with Crippen molar-refractivity contribution in [3.05, 3.63) is 45.9 Å². The van der Waals surface area contributed by atoms with Gasteiger partial charge in [0.15, 0.2) is 16.7 Å². The van der Waals surface area contributed by atoms with E-state index < -0.39 is 23.5 Å². The van der Waals surface area contributed by atoms with Gasteiger partial charge in [-0.05, 0) is 17.7 Å². The molecule has 29 heavy (non-hydrogen) atoms. The van der Waals surface area contributed by atoms with Crippen molar-refractivity contribution >= 4 is 23.6 Å². The normalized spacial score (nSPS) is 13.3. The van der Waals surface area contributed by atoms with E-state index in [1.165, 1.54) is 43.9 Å². The fourth-order valence-corrected chi connectivity index (χ4v) is 3.89. The molecule has 0 saturated heterocycles. The van der Waals surface area contributed by atoms with Crippen molar-refractivity contribution in [1.29, 1.82) is 0 Å². The van der Waals surface area contributed by atoms with Gasteiger partial charge in [0.05, 0.1) is 33.8 Å². The van der Waals surface area contributed by atoms with E-state index in [0.717, 1.165) is 5.75 Å². The summed E-state index contributed by atoms with van der Waals surface area (Å²) in [5.41, 5.74) is 0.124. The number of aromatic nitrogens is 2. The molecule has 1 atom stereocenters. The molecule has 0 aliphatic carbocycles. The second-order valence-corrected chi connectivity index (χ2v) is 7.24. The molecular weight excluding hydrogens is 398 g/mol. The molecule has 0 radical (unpaired) electrons. The minimum Gasteiger partial charge on any atom is -0.493 e. The molecule has 9 nitrogen and oxygen atoms in total. The lowest BCUT2D eigenvalue weighted by atomic mass is 10.0. The Morgan fingerprint density at radius 1 is 1.24 bits per heavy atom. The van der Waals surface area contributed by atoms with Gasteiger partial charge in [-0.2, -0.15) is 0 Å². The highest BCUT2D eigenvalue weighted by Gasteiger charge is 2.25. The SMILES string of the molecule is COC(=O)CC(NC(=O)c1cnc2n(c1=O)CCS2)c1ccc(OC)c(OC)c1. The second kappa shape index (κ2) is 8.99. The van der Waals surface area contributed by atoms with Crippen molar-refractivity contribution in [2.45, 2.75) is 24.2 Å². The monoisotopic (exact) mass is 419 g/mol. The van der Waals surface area contributed by atoms with Crippen LogP contribution >= 0.6 is 11.8 Å². The average molecular weight is 419 g/mol. The van der Waals surface area contributed by atoms with Gasteiger partial charge in [0, 0.05) is 18.5 Å². The molecule has 1 amide bonds. The standard InChI is InChI=1S/C19H21N3O6S/c1-26-14-5-4-11(8-15(14)27-2)13(9-16(23)28-3)21-17(24)12-10-20-19-22(18(12)25)6-7-29-19/h4-5,8,10,13H,6-7,9H2,1-3H3,(H,21,24). The predicted molar refractivity (Wildman–Crippen MR) is 106 cm³/mol. The number of hydrogen-bond donors (Lipinski definition) is 1. The molecule has 1 aromatic heterocycles. The van der Waals surface area contributed by atoms with E-state index in [1.807, 2.05) is 0 Å². The lowest BCUT2D eigenvalue weighted by Gasteiger charge is -2.19. The molecule has 1 aliphatic heterocycles. The first-order valence-corrected chi connectivity index (χ1v) is 9.79. The molecule has 2 aromatic rings. The highest BCUT2D eigenvalue weighted by Crippen LogP contribution is 2.31. The Kier molecular flexibility index (Phi) is 6.42. The summed E-state index contributed by atoms with van der Waals surface area (Å²) >= 11 is 1.47. The number of fused-ring (bicyclic) bond motifs is 1. The van der Waals surface area contributed by atoms with Crippen molar-refractivity contribution in [2.75, 3.05) is 27.1 Å². The van der Waals surface area contributed by atoms with Crippen LogP contribution in [-0.2, 0) is 16.1 Å². The smallest absolute Gasteiger partial charge is 0.307 e. The molecular formula is C19H21N3O6S. The summed E-state index contributed by atoms with van der Waals surface area (Å²) in [6.07, 6.45) is 1.15. The van der Waals surface area contributed by atoms with Crippen LogP contribution in [0.25, 0.3) is 0 Å². The van der Waals surface area contributed by atoms with Gasteiger partial charge in [-0.15, -0.1) is 0 Å². The Hall–Kier alpha value is -3.01. The van der Waals surface area contributed by atoms with Crippen LogP contribution in [0.3, 0.4) is 0 Å². The molecule has 10 heteroatoms. The summed E-state index contributed by atoms with van der Waals surface area (Å²) in [4.78, 5) is 41.5. The molecule has 1 aliphatic rings. The highest BCUT2D eigenvalue weighted by molar-refractivity contribution is 7.99. The van der Waals surface area contributed by atoms with Crippen molar-refractivity contribution in [1.82, 2.24) is 14.9 Å². The zero-order chi connectivity index (χ0) is 21.0. The topological polar surface area (TPSA) is 109 Å².